The van der Waals surface area contributed by atoms with E-state index < -0.39 is 0 Å². The highest BCUT2D eigenvalue weighted by Gasteiger charge is 2.35. The predicted molar refractivity (Wildman–Crippen MR) is 73.2 cm³/mol. The lowest BCUT2D eigenvalue weighted by atomic mass is 10.1. The van der Waals surface area contributed by atoms with Crippen molar-refractivity contribution in [1.29, 1.82) is 0 Å². The van der Waals surface area contributed by atoms with Gasteiger partial charge in [0, 0.05) is 38.8 Å². The third kappa shape index (κ3) is 3.09. The molecule has 0 aromatic rings. The molecule has 5 heteroatoms. The smallest absolute Gasteiger partial charge is 0.169 e. The van der Waals surface area contributed by atoms with Crippen LogP contribution in [0.25, 0.3) is 0 Å². The molecule has 2 aliphatic heterocycles. The fourth-order valence-corrected chi connectivity index (χ4v) is 3.19. The van der Waals surface area contributed by atoms with Crippen molar-refractivity contribution in [3.63, 3.8) is 0 Å². The van der Waals surface area contributed by atoms with Crippen LogP contribution in [0.15, 0.2) is 0 Å². The van der Waals surface area contributed by atoms with Crippen LogP contribution in [0.4, 0.5) is 0 Å². The van der Waals surface area contributed by atoms with Crippen LogP contribution in [0.1, 0.15) is 19.8 Å². The highest BCUT2D eigenvalue weighted by molar-refractivity contribution is 7.80. The summed E-state index contributed by atoms with van der Waals surface area (Å²) in [4.78, 5) is 4.95. The second-order valence-electron chi connectivity index (χ2n) is 5.02. The topological polar surface area (TPSA) is 27.7 Å². The first kappa shape index (κ1) is 13.1. The Morgan fingerprint density at radius 3 is 3.06 bits per heavy atom. The van der Waals surface area contributed by atoms with E-state index in [1.165, 1.54) is 19.4 Å². The van der Waals surface area contributed by atoms with Gasteiger partial charge in [-0.15, -0.1) is 0 Å². The largest absolute Gasteiger partial charge is 0.383 e. The molecule has 4 nitrogen and oxygen atoms in total. The Morgan fingerprint density at radius 2 is 2.29 bits per heavy atom. The summed E-state index contributed by atoms with van der Waals surface area (Å²) in [6.45, 7) is 7.27. The van der Waals surface area contributed by atoms with Gasteiger partial charge < -0.3 is 15.0 Å². The molecule has 0 spiro atoms. The molecule has 2 aliphatic rings. The van der Waals surface area contributed by atoms with Crippen molar-refractivity contribution in [3.8, 4) is 0 Å². The third-order valence-electron chi connectivity index (χ3n) is 3.78. The summed E-state index contributed by atoms with van der Waals surface area (Å²) in [7, 11) is 1.71. The molecule has 0 aromatic heterocycles. The molecule has 2 heterocycles. The van der Waals surface area contributed by atoms with Crippen molar-refractivity contribution < 1.29 is 4.74 Å². The molecule has 1 N–H and O–H groups in total. The first-order valence-electron chi connectivity index (χ1n) is 6.50. The quantitative estimate of drug-likeness (QED) is 0.593. The van der Waals surface area contributed by atoms with Gasteiger partial charge in [-0.05, 0) is 38.5 Å². The summed E-state index contributed by atoms with van der Waals surface area (Å²) < 4.78 is 5.03. The molecular formula is C12H23N3OS. The van der Waals surface area contributed by atoms with Gasteiger partial charge in [-0.25, -0.2) is 0 Å². The van der Waals surface area contributed by atoms with Crippen LogP contribution in [0.3, 0.4) is 0 Å². The highest BCUT2D eigenvalue weighted by Crippen LogP contribution is 2.24. The monoisotopic (exact) mass is 257 g/mol. The van der Waals surface area contributed by atoms with Gasteiger partial charge in [-0.2, -0.15) is 0 Å². The Morgan fingerprint density at radius 1 is 1.47 bits per heavy atom. The van der Waals surface area contributed by atoms with Crippen LogP contribution in [-0.4, -0.2) is 66.9 Å². The summed E-state index contributed by atoms with van der Waals surface area (Å²) in [5.41, 5.74) is 0. The van der Waals surface area contributed by atoms with Crippen molar-refractivity contribution in [1.82, 2.24) is 15.1 Å². The molecule has 2 unspecified atom stereocenters. The van der Waals surface area contributed by atoms with Gasteiger partial charge in [-0.1, -0.05) is 0 Å². The molecule has 2 atom stereocenters. The third-order valence-corrected chi connectivity index (χ3v) is 4.16. The lowest BCUT2D eigenvalue weighted by Crippen LogP contribution is -2.59. The standard InChI is InChI=1S/C12H23N3OS/c1-10-8-14-6-3-4-11(14)9-15(10)12(17)13-5-7-16-2/h10-11H,3-9H2,1-2H3,(H,13,17). The van der Waals surface area contributed by atoms with Gasteiger partial charge in [0.25, 0.3) is 0 Å². The van der Waals surface area contributed by atoms with Crippen molar-refractivity contribution >= 4 is 17.3 Å². The number of piperazine rings is 1. The summed E-state index contributed by atoms with van der Waals surface area (Å²) in [5.74, 6) is 0. The molecule has 17 heavy (non-hydrogen) atoms. The Bertz CT molecular complexity index is 274. The maximum Gasteiger partial charge on any atom is 0.169 e. The van der Waals surface area contributed by atoms with Gasteiger partial charge in [0.1, 0.15) is 0 Å². The van der Waals surface area contributed by atoms with E-state index in [2.05, 4.69) is 22.0 Å². The Balaban J connectivity index is 1.84. The van der Waals surface area contributed by atoms with E-state index in [-0.39, 0.29) is 0 Å². The van der Waals surface area contributed by atoms with E-state index in [1.807, 2.05) is 0 Å². The van der Waals surface area contributed by atoms with E-state index in [0.717, 1.165) is 24.7 Å². The van der Waals surface area contributed by atoms with Crippen LogP contribution in [-0.2, 0) is 4.74 Å². The lowest BCUT2D eigenvalue weighted by Gasteiger charge is -2.43. The highest BCUT2D eigenvalue weighted by atomic mass is 32.1. The molecule has 0 radical (unpaired) electrons. The fraction of sp³-hybridized carbons (Fsp3) is 0.917. The summed E-state index contributed by atoms with van der Waals surface area (Å²) >= 11 is 5.47. The fourth-order valence-electron chi connectivity index (χ4n) is 2.83. The number of rotatable bonds is 3. The van der Waals surface area contributed by atoms with Gasteiger partial charge >= 0.3 is 0 Å². The number of methoxy groups -OCH3 is 1. The molecular weight excluding hydrogens is 234 g/mol. The molecule has 2 fully saturated rings. The zero-order valence-electron chi connectivity index (χ0n) is 10.8. The minimum Gasteiger partial charge on any atom is -0.383 e. The van der Waals surface area contributed by atoms with Gasteiger partial charge in [0.2, 0.25) is 0 Å². The second kappa shape index (κ2) is 5.98. The molecule has 0 aromatic carbocycles. The van der Waals surface area contributed by atoms with Crippen LogP contribution in [0.5, 0.6) is 0 Å². The number of ether oxygens (including phenoxy) is 1. The maximum atomic E-state index is 5.47. The predicted octanol–water partition coefficient (Wildman–Crippen LogP) is 0.676. The van der Waals surface area contributed by atoms with E-state index in [1.54, 1.807) is 7.11 Å². The van der Waals surface area contributed by atoms with E-state index >= 15 is 0 Å². The van der Waals surface area contributed by atoms with Crippen LogP contribution >= 0.6 is 12.2 Å². The van der Waals surface area contributed by atoms with Gasteiger partial charge in [0.15, 0.2) is 5.11 Å². The second-order valence-corrected chi connectivity index (χ2v) is 5.40. The Labute approximate surface area is 109 Å². The molecule has 98 valence electrons. The molecule has 0 saturated carbocycles. The first-order valence-corrected chi connectivity index (χ1v) is 6.90. The van der Waals surface area contributed by atoms with Crippen LogP contribution < -0.4 is 5.32 Å². The molecule has 0 aliphatic carbocycles. The number of thiocarbonyl (C=S) groups is 1. The Hall–Kier alpha value is -0.390. The number of nitrogens with zero attached hydrogens (tertiary/aromatic N) is 2. The number of nitrogens with one attached hydrogen (secondary N) is 1. The molecule has 2 saturated heterocycles. The first-order chi connectivity index (χ1) is 8.22. The minimum atomic E-state index is 0.520. The normalized spacial score (nSPS) is 29.2. The van der Waals surface area contributed by atoms with Crippen molar-refractivity contribution in [2.75, 3.05) is 39.9 Å². The summed E-state index contributed by atoms with van der Waals surface area (Å²) in [6.07, 6.45) is 2.67. The van der Waals surface area contributed by atoms with E-state index in [9.17, 15) is 0 Å². The van der Waals surface area contributed by atoms with E-state index in [0.29, 0.717) is 18.7 Å². The average molecular weight is 257 g/mol. The number of hydrogen-bond donors (Lipinski definition) is 1. The Kier molecular flexibility index (Phi) is 4.59. The molecule has 2 rings (SSSR count). The summed E-state index contributed by atoms with van der Waals surface area (Å²) in [6, 6.07) is 1.24. The van der Waals surface area contributed by atoms with Crippen molar-refractivity contribution in [2.24, 2.45) is 0 Å². The van der Waals surface area contributed by atoms with Gasteiger partial charge in [-0.3, -0.25) is 4.90 Å². The summed E-state index contributed by atoms with van der Waals surface area (Å²) in [5, 5.41) is 4.17. The number of hydrogen-bond acceptors (Lipinski definition) is 3. The molecule has 0 amide bonds. The van der Waals surface area contributed by atoms with E-state index in [4.69, 9.17) is 17.0 Å². The van der Waals surface area contributed by atoms with Crippen molar-refractivity contribution in [3.05, 3.63) is 0 Å². The number of fused-ring (bicyclic) bond motifs is 1. The lowest BCUT2D eigenvalue weighted by molar-refractivity contribution is 0.107. The maximum absolute atomic E-state index is 5.47. The zero-order chi connectivity index (χ0) is 12.3. The molecule has 0 bridgehead atoms. The zero-order valence-corrected chi connectivity index (χ0v) is 11.6. The van der Waals surface area contributed by atoms with Crippen molar-refractivity contribution in [2.45, 2.75) is 31.8 Å². The van der Waals surface area contributed by atoms with Gasteiger partial charge in [0.05, 0.1) is 6.61 Å². The SMILES string of the molecule is COCCNC(=S)N1CC2CCCN2CC1C. The minimum absolute atomic E-state index is 0.520. The average Bonchev–Trinajstić information content (AvgIpc) is 2.75. The van der Waals surface area contributed by atoms with Crippen LogP contribution in [0.2, 0.25) is 0 Å². The van der Waals surface area contributed by atoms with Crippen LogP contribution in [0, 0.1) is 0 Å².